The van der Waals surface area contributed by atoms with E-state index in [1.165, 1.54) is 42.5 Å². The lowest BCUT2D eigenvalue weighted by Gasteiger charge is -2.46. The van der Waals surface area contributed by atoms with Crippen molar-refractivity contribution in [3.05, 3.63) is 124 Å². The van der Waals surface area contributed by atoms with Crippen molar-refractivity contribution in [3.8, 4) is 0 Å². The number of piperazine rings is 2. The molecule has 0 N–H and O–H groups in total. The molecule has 17 heteroatoms. The van der Waals surface area contributed by atoms with Crippen LogP contribution in [-0.2, 0) is 45.9 Å². The summed E-state index contributed by atoms with van der Waals surface area (Å²) < 4.78 is 94.4. The number of carbonyl (C=O) groups is 3. The smallest absolute Gasteiger partial charge is 0.254 e. The van der Waals surface area contributed by atoms with Crippen molar-refractivity contribution in [3.63, 3.8) is 0 Å². The zero-order valence-electron chi connectivity index (χ0n) is 38.0. The van der Waals surface area contributed by atoms with Gasteiger partial charge in [0.25, 0.3) is 5.91 Å². The average molecular weight is 959 g/mol. The Morgan fingerprint density at radius 1 is 0.731 bits per heavy atom. The zero-order chi connectivity index (χ0) is 47.7. The van der Waals surface area contributed by atoms with Gasteiger partial charge in [0.05, 0.1) is 34.4 Å². The molecule has 3 fully saturated rings. The van der Waals surface area contributed by atoms with Crippen LogP contribution in [0, 0.1) is 11.6 Å². The molecule has 356 valence electrons. The molecule has 13 nitrogen and oxygen atoms in total. The third-order valence-corrected chi connectivity index (χ3v) is 15.9. The van der Waals surface area contributed by atoms with E-state index in [1.54, 1.807) is 32.9 Å². The van der Waals surface area contributed by atoms with E-state index in [2.05, 4.69) is 0 Å². The van der Waals surface area contributed by atoms with Crippen LogP contribution in [-0.4, -0.2) is 136 Å². The number of amides is 1. The van der Waals surface area contributed by atoms with Crippen molar-refractivity contribution in [2.24, 2.45) is 0 Å². The van der Waals surface area contributed by atoms with Crippen LogP contribution in [0.5, 0.6) is 0 Å². The number of anilines is 2. The summed E-state index contributed by atoms with van der Waals surface area (Å²) in [4.78, 5) is 50.5. The number of Topliss-reactive ketones (excluding diaryl/α,β-unsaturated/α-hetero) is 1. The number of nitrogens with zero attached hydrogens (tertiary/aromatic N) is 4. The molecular formula is C50H56F2N4O9S2. The van der Waals surface area contributed by atoms with Crippen molar-refractivity contribution in [1.82, 2.24) is 9.80 Å². The van der Waals surface area contributed by atoms with E-state index in [1.807, 2.05) is 24.0 Å². The number of benzene rings is 4. The van der Waals surface area contributed by atoms with E-state index in [9.17, 15) is 26.4 Å². The Hall–Kier alpha value is -5.33. The molecule has 4 aliphatic rings. The lowest BCUT2D eigenvalue weighted by Crippen LogP contribution is -2.60. The maximum atomic E-state index is 16.6. The molecule has 4 aliphatic heterocycles. The highest BCUT2D eigenvalue weighted by molar-refractivity contribution is 7.91. The maximum absolute atomic E-state index is 16.6. The summed E-state index contributed by atoms with van der Waals surface area (Å²) in [6.45, 7) is 5.21. The molecule has 3 saturated heterocycles. The molecule has 1 atom stereocenters. The van der Waals surface area contributed by atoms with Gasteiger partial charge in [0, 0.05) is 89.2 Å². The SMILES string of the molecule is CCc1ccc(N2CCN(C(C=O)(C(=O)c3ccc(N4CCN(C(=O)c5cc(S(C)(=O)=O)ccc5C5=CCOCC5)CC4)c(F)c3)c3cc(S(C)(=O)=O)ccc3C3CCOCC3)CC2)c(F)c1. The van der Waals surface area contributed by atoms with Gasteiger partial charge in [0.2, 0.25) is 0 Å². The minimum Gasteiger partial charge on any atom is -0.381 e. The van der Waals surface area contributed by atoms with Crippen molar-refractivity contribution in [2.45, 2.75) is 53.9 Å². The van der Waals surface area contributed by atoms with E-state index in [0.717, 1.165) is 29.7 Å². The maximum Gasteiger partial charge on any atom is 0.254 e. The summed E-state index contributed by atoms with van der Waals surface area (Å²) >= 11 is 0. The monoisotopic (exact) mass is 958 g/mol. The first-order chi connectivity index (χ1) is 32.0. The summed E-state index contributed by atoms with van der Waals surface area (Å²) in [6, 6.07) is 18.3. The van der Waals surface area contributed by atoms with Crippen molar-refractivity contribution >= 4 is 54.6 Å². The van der Waals surface area contributed by atoms with Crippen LogP contribution in [0.4, 0.5) is 20.2 Å². The van der Waals surface area contributed by atoms with E-state index in [0.29, 0.717) is 75.2 Å². The van der Waals surface area contributed by atoms with Crippen LogP contribution in [0.25, 0.3) is 5.57 Å². The zero-order valence-corrected chi connectivity index (χ0v) is 39.6. The highest BCUT2D eigenvalue weighted by Gasteiger charge is 2.49. The Bertz CT molecular complexity index is 2820. The third kappa shape index (κ3) is 9.84. The van der Waals surface area contributed by atoms with Crippen molar-refractivity contribution in [1.29, 1.82) is 0 Å². The number of sulfone groups is 2. The number of hydrogen-bond acceptors (Lipinski definition) is 12. The van der Waals surface area contributed by atoms with Crippen LogP contribution >= 0.6 is 0 Å². The Balaban J connectivity index is 1.10. The molecule has 4 aromatic rings. The molecule has 0 aliphatic carbocycles. The Labute approximate surface area is 391 Å². The minimum absolute atomic E-state index is 0.0272. The number of carbonyl (C=O) groups excluding carboxylic acids is 3. The number of aldehydes is 1. The first kappa shape index (κ1) is 48.1. The summed E-state index contributed by atoms with van der Waals surface area (Å²) in [5.41, 5.74) is 1.85. The predicted octanol–water partition coefficient (Wildman–Crippen LogP) is 6.09. The number of hydrogen-bond donors (Lipinski definition) is 0. The number of ether oxygens (including phenoxy) is 2. The fourth-order valence-electron chi connectivity index (χ4n) is 9.84. The molecule has 0 spiro atoms. The van der Waals surface area contributed by atoms with Gasteiger partial charge in [-0.1, -0.05) is 31.2 Å². The molecule has 0 aromatic heterocycles. The van der Waals surface area contributed by atoms with Gasteiger partial charge in [-0.05, 0) is 114 Å². The van der Waals surface area contributed by atoms with Gasteiger partial charge in [-0.2, -0.15) is 0 Å². The van der Waals surface area contributed by atoms with Gasteiger partial charge >= 0.3 is 0 Å². The van der Waals surface area contributed by atoms with Crippen LogP contribution < -0.4 is 9.80 Å². The fraction of sp³-hybridized carbons (Fsp3) is 0.420. The molecule has 0 radical (unpaired) electrons. The second-order valence-electron chi connectivity index (χ2n) is 17.7. The molecule has 4 heterocycles. The number of halogens is 2. The Morgan fingerprint density at radius 2 is 1.34 bits per heavy atom. The number of rotatable bonds is 13. The Morgan fingerprint density at radius 3 is 1.93 bits per heavy atom. The van der Waals surface area contributed by atoms with Crippen molar-refractivity contribution < 1.29 is 49.5 Å². The minimum atomic E-state index is -3.82. The molecule has 1 amide bonds. The largest absolute Gasteiger partial charge is 0.381 e. The number of ketones is 1. The quantitative estimate of drug-likeness (QED) is 0.0867. The third-order valence-electron chi connectivity index (χ3n) is 13.7. The first-order valence-corrected chi connectivity index (χ1v) is 26.5. The van der Waals surface area contributed by atoms with Crippen molar-refractivity contribution in [2.75, 3.05) is 101 Å². The van der Waals surface area contributed by atoms with E-state index < -0.39 is 36.8 Å². The summed E-state index contributed by atoms with van der Waals surface area (Å²) in [6.07, 6.45) is 6.95. The van der Waals surface area contributed by atoms with Crippen LogP contribution in [0.15, 0.2) is 88.7 Å². The molecule has 8 rings (SSSR count). The summed E-state index contributed by atoms with van der Waals surface area (Å²) in [5, 5.41) is 0. The van der Waals surface area contributed by atoms with Gasteiger partial charge in [0.15, 0.2) is 37.3 Å². The fourth-order valence-corrected chi connectivity index (χ4v) is 11.1. The lowest BCUT2D eigenvalue weighted by atomic mass is 9.75. The highest BCUT2D eigenvalue weighted by atomic mass is 32.2. The molecule has 4 aromatic carbocycles. The van der Waals surface area contributed by atoms with E-state index in [4.69, 9.17) is 9.47 Å². The molecular weight excluding hydrogens is 903 g/mol. The number of aryl methyl sites for hydroxylation is 1. The molecule has 0 saturated carbocycles. The predicted molar refractivity (Wildman–Crippen MR) is 251 cm³/mol. The molecule has 0 bridgehead atoms. The second-order valence-corrected chi connectivity index (χ2v) is 21.7. The van der Waals surface area contributed by atoms with Crippen LogP contribution in [0.2, 0.25) is 0 Å². The second kappa shape index (κ2) is 19.7. The van der Waals surface area contributed by atoms with E-state index in [-0.39, 0.29) is 102 Å². The van der Waals surface area contributed by atoms with Gasteiger partial charge in [-0.15, -0.1) is 0 Å². The standard InChI is InChI=1S/C50H56F2N4O9S2/c1-4-34-5-11-46(44(51)29-34)54-21-23-56(24-22-54)50(33-57,43-32-39(67(3,62)63)8-10-41(43)36-15-27-65-28-16-36)48(58)37-6-12-47(45(52)30-37)53-17-19-55(20-18-53)49(59)42-31-38(66(2,60)61)7-9-40(42)35-13-25-64-26-14-35/h5-13,29-33,36H,4,14-28H2,1-3H3. The topological polar surface area (TPSA) is 151 Å². The van der Waals surface area contributed by atoms with Crippen LogP contribution in [0.1, 0.15) is 75.1 Å². The lowest BCUT2D eigenvalue weighted by molar-refractivity contribution is -0.117. The highest BCUT2D eigenvalue weighted by Crippen LogP contribution is 2.42. The Kier molecular flexibility index (Phi) is 14.2. The molecule has 1 unspecified atom stereocenters. The van der Waals surface area contributed by atoms with E-state index >= 15 is 13.6 Å². The van der Waals surface area contributed by atoms with Gasteiger partial charge in [-0.3, -0.25) is 14.5 Å². The molecule has 67 heavy (non-hydrogen) atoms. The van der Waals surface area contributed by atoms with Gasteiger partial charge in [0.1, 0.15) is 11.6 Å². The van der Waals surface area contributed by atoms with Gasteiger partial charge < -0.3 is 29.0 Å². The van der Waals surface area contributed by atoms with Crippen LogP contribution in [0.3, 0.4) is 0 Å². The summed E-state index contributed by atoms with van der Waals surface area (Å²) in [5.74, 6) is -2.37. The van der Waals surface area contributed by atoms with Gasteiger partial charge in [-0.25, -0.2) is 25.6 Å². The first-order valence-electron chi connectivity index (χ1n) is 22.7. The summed E-state index contributed by atoms with van der Waals surface area (Å²) in [7, 11) is -7.44. The average Bonchev–Trinajstić information content (AvgIpc) is 3.34. The normalized spacial score (nSPS) is 18.9.